The van der Waals surface area contributed by atoms with E-state index in [0.29, 0.717) is 0 Å². The fourth-order valence-corrected chi connectivity index (χ4v) is 10.1. The molecule has 3 aliphatic carbocycles. The van der Waals surface area contributed by atoms with Crippen LogP contribution in [0.2, 0.25) is 0 Å². The first kappa shape index (κ1) is 28.6. The normalized spacial score (nSPS) is 14.8. The molecule has 1 heteroatoms. The second kappa shape index (κ2) is 10.2. The molecule has 0 fully saturated rings. The Morgan fingerprint density at radius 3 is 1.53 bits per heavy atom. The van der Waals surface area contributed by atoms with Gasteiger partial charge < -0.3 is 4.90 Å². The van der Waals surface area contributed by atoms with Crippen LogP contribution in [0, 0.1) is 0 Å². The summed E-state index contributed by atoms with van der Waals surface area (Å²) in [6, 6.07) is 65.7. The number of fused-ring (bicyclic) bond motifs is 15. The number of nitrogens with zero attached hydrogens (tertiary/aromatic N) is 1. The third-order valence-electron chi connectivity index (χ3n) is 12.0. The molecule has 0 saturated carbocycles. The van der Waals surface area contributed by atoms with Crippen molar-refractivity contribution in [2.75, 3.05) is 4.90 Å². The van der Waals surface area contributed by atoms with E-state index in [-0.39, 0.29) is 10.8 Å². The van der Waals surface area contributed by atoms with Crippen molar-refractivity contribution in [1.29, 1.82) is 0 Å². The van der Waals surface area contributed by atoms with Crippen molar-refractivity contribution in [3.05, 3.63) is 209 Å². The molecule has 0 heterocycles. The Balaban J connectivity index is 1.17. The Bertz CT molecular complexity index is 2690. The molecular weight excluding hydrogens is 615 g/mol. The van der Waals surface area contributed by atoms with Gasteiger partial charge in [0.1, 0.15) is 0 Å². The van der Waals surface area contributed by atoms with Crippen LogP contribution in [0.25, 0.3) is 44.2 Å². The van der Waals surface area contributed by atoms with Crippen molar-refractivity contribution in [1.82, 2.24) is 0 Å². The lowest BCUT2D eigenvalue weighted by Gasteiger charge is -2.31. The van der Waals surface area contributed by atoms with Crippen molar-refractivity contribution in [2.24, 2.45) is 0 Å². The van der Waals surface area contributed by atoms with E-state index < -0.39 is 0 Å². The number of hydrogen-bond acceptors (Lipinski definition) is 1. The van der Waals surface area contributed by atoms with Gasteiger partial charge in [0, 0.05) is 22.2 Å². The van der Waals surface area contributed by atoms with Crippen LogP contribution in [0.3, 0.4) is 0 Å². The third kappa shape index (κ3) is 3.60. The molecule has 0 atom stereocenters. The van der Waals surface area contributed by atoms with Gasteiger partial charge >= 0.3 is 0 Å². The van der Waals surface area contributed by atoms with E-state index in [2.05, 4.69) is 195 Å². The SMILES string of the molecule is CC1(C)c2ccccc2-c2ccc3c(N(c4ccccc4)c4ccc5c(c4)-c4ccccc4C54c5ccccc5-c5ccccc54)cccc3c21. The lowest BCUT2D eigenvalue weighted by Crippen LogP contribution is -2.25. The Morgan fingerprint density at radius 2 is 0.882 bits per heavy atom. The zero-order valence-electron chi connectivity index (χ0n) is 28.7. The summed E-state index contributed by atoms with van der Waals surface area (Å²) in [5.74, 6) is 0. The van der Waals surface area contributed by atoms with Gasteiger partial charge in [-0.15, -0.1) is 0 Å². The Labute approximate surface area is 299 Å². The topological polar surface area (TPSA) is 3.24 Å². The number of hydrogen-bond donors (Lipinski definition) is 0. The average Bonchev–Trinajstić information content (AvgIpc) is 3.74. The average molecular weight is 650 g/mol. The minimum absolute atomic E-state index is 0.0961. The quantitative estimate of drug-likeness (QED) is 0.184. The molecule has 0 amide bonds. The standard InChI is InChI=1S/C50H35N/c1-49(2)42-22-10-6-19-36(42)40-29-28-38-39(48(40)49)21-14-26-47(38)51(32-15-4-3-5-16-32)33-27-30-46-41(31-33)37-20-9-13-25-45(37)50(46)43-23-11-7-17-34(43)35-18-8-12-24-44(35)50/h3-31H,1-2H3. The van der Waals surface area contributed by atoms with Crippen LogP contribution >= 0.6 is 0 Å². The first-order chi connectivity index (χ1) is 25.1. The van der Waals surface area contributed by atoms with Gasteiger partial charge in [-0.2, -0.15) is 0 Å². The van der Waals surface area contributed by atoms with Crippen LogP contribution < -0.4 is 4.90 Å². The van der Waals surface area contributed by atoms with Crippen molar-refractivity contribution < 1.29 is 0 Å². The molecule has 1 nitrogen and oxygen atoms in total. The number of para-hydroxylation sites is 1. The van der Waals surface area contributed by atoms with E-state index in [4.69, 9.17) is 0 Å². The summed E-state index contributed by atoms with van der Waals surface area (Å²) in [5, 5.41) is 2.58. The molecule has 8 aromatic carbocycles. The fraction of sp³-hybridized carbons (Fsp3) is 0.0800. The molecule has 240 valence electrons. The van der Waals surface area contributed by atoms with Gasteiger partial charge in [-0.25, -0.2) is 0 Å². The van der Waals surface area contributed by atoms with E-state index in [9.17, 15) is 0 Å². The zero-order chi connectivity index (χ0) is 33.9. The predicted molar refractivity (Wildman–Crippen MR) is 212 cm³/mol. The highest BCUT2D eigenvalue weighted by Gasteiger charge is 2.51. The van der Waals surface area contributed by atoms with E-state index in [1.165, 1.54) is 83.2 Å². The minimum atomic E-state index is -0.351. The molecule has 0 aliphatic heterocycles. The molecule has 0 unspecified atom stereocenters. The maximum absolute atomic E-state index is 2.47. The van der Waals surface area contributed by atoms with E-state index in [0.717, 1.165) is 11.4 Å². The highest BCUT2D eigenvalue weighted by molar-refractivity contribution is 6.06. The molecule has 3 aliphatic rings. The molecule has 0 bridgehead atoms. The largest absolute Gasteiger partial charge is 0.310 e. The van der Waals surface area contributed by atoms with Gasteiger partial charge in [-0.05, 0) is 102 Å². The van der Waals surface area contributed by atoms with Crippen LogP contribution in [0.5, 0.6) is 0 Å². The second-order valence-electron chi connectivity index (χ2n) is 14.8. The Morgan fingerprint density at radius 1 is 0.353 bits per heavy atom. The van der Waals surface area contributed by atoms with Gasteiger partial charge in [0.15, 0.2) is 0 Å². The summed E-state index contributed by atoms with van der Waals surface area (Å²) in [5.41, 5.74) is 19.3. The monoisotopic (exact) mass is 649 g/mol. The number of benzene rings is 8. The number of anilines is 3. The molecule has 0 saturated heterocycles. The molecular formula is C50H35N. The first-order valence-electron chi connectivity index (χ1n) is 18.0. The highest BCUT2D eigenvalue weighted by Crippen LogP contribution is 2.63. The highest BCUT2D eigenvalue weighted by atomic mass is 15.1. The van der Waals surface area contributed by atoms with E-state index in [1.54, 1.807) is 0 Å². The van der Waals surface area contributed by atoms with Crippen LogP contribution in [-0.4, -0.2) is 0 Å². The summed E-state index contributed by atoms with van der Waals surface area (Å²) in [6.45, 7) is 4.76. The molecule has 1 spiro atoms. The van der Waals surface area contributed by atoms with Gasteiger partial charge in [-0.1, -0.05) is 159 Å². The first-order valence-corrected chi connectivity index (χ1v) is 18.0. The van der Waals surface area contributed by atoms with Crippen molar-refractivity contribution in [3.63, 3.8) is 0 Å². The third-order valence-corrected chi connectivity index (χ3v) is 12.0. The summed E-state index contributed by atoms with van der Waals surface area (Å²) in [4.78, 5) is 2.47. The van der Waals surface area contributed by atoms with Crippen molar-refractivity contribution in [2.45, 2.75) is 24.7 Å². The molecule has 11 rings (SSSR count). The summed E-state index contributed by atoms with van der Waals surface area (Å²) in [7, 11) is 0. The molecule has 0 radical (unpaired) electrons. The van der Waals surface area contributed by atoms with Crippen molar-refractivity contribution >= 4 is 27.8 Å². The van der Waals surface area contributed by atoms with Crippen molar-refractivity contribution in [3.8, 4) is 33.4 Å². The minimum Gasteiger partial charge on any atom is -0.310 e. The molecule has 0 N–H and O–H groups in total. The van der Waals surface area contributed by atoms with Crippen LogP contribution in [-0.2, 0) is 10.8 Å². The van der Waals surface area contributed by atoms with Gasteiger partial charge in [0.2, 0.25) is 0 Å². The zero-order valence-corrected chi connectivity index (χ0v) is 28.7. The molecule has 8 aromatic rings. The van der Waals surface area contributed by atoms with Crippen LogP contribution in [0.1, 0.15) is 47.2 Å². The van der Waals surface area contributed by atoms with E-state index in [1.807, 2.05) is 0 Å². The fourth-order valence-electron chi connectivity index (χ4n) is 10.1. The van der Waals surface area contributed by atoms with Gasteiger partial charge in [-0.3, -0.25) is 0 Å². The lowest BCUT2D eigenvalue weighted by atomic mass is 9.70. The summed E-state index contributed by atoms with van der Waals surface area (Å²) >= 11 is 0. The Kier molecular flexibility index (Phi) is 5.72. The van der Waals surface area contributed by atoms with E-state index >= 15 is 0 Å². The smallest absolute Gasteiger partial charge is 0.0725 e. The maximum atomic E-state index is 2.47. The predicted octanol–water partition coefficient (Wildman–Crippen LogP) is 13.0. The summed E-state index contributed by atoms with van der Waals surface area (Å²) in [6.07, 6.45) is 0. The molecule has 51 heavy (non-hydrogen) atoms. The summed E-state index contributed by atoms with van der Waals surface area (Å²) < 4.78 is 0. The van der Waals surface area contributed by atoms with Gasteiger partial charge in [0.05, 0.1) is 11.1 Å². The molecule has 0 aromatic heterocycles. The van der Waals surface area contributed by atoms with Gasteiger partial charge in [0.25, 0.3) is 0 Å². The lowest BCUT2D eigenvalue weighted by molar-refractivity contribution is 0.666. The van der Waals surface area contributed by atoms with Crippen LogP contribution in [0.4, 0.5) is 17.1 Å². The Hall–Kier alpha value is -6.18. The second-order valence-corrected chi connectivity index (χ2v) is 14.8. The number of rotatable bonds is 3. The maximum Gasteiger partial charge on any atom is 0.0725 e. The van der Waals surface area contributed by atoms with Crippen LogP contribution in [0.15, 0.2) is 176 Å².